The molecule has 0 spiro atoms. The summed E-state index contributed by atoms with van der Waals surface area (Å²) in [4.78, 5) is 37.4. The molecule has 9 heteroatoms. The van der Waals surface area contributed by atoms with Crippen LogP contribution in [0.1, 0.15) is 37.4 Å². The third kappa shape index (κ3) is 4.78. The van der Waals surface area contributed by atoms with Gasteiger partial charge in [-0.05, 0) is 50.1 Å². The molecular weight excluding hydrogens is 416 g/mol. The number of carbonyl (C=O) groups excluding carboxylic acids is 2. The summed E-state index contributed by atoms with van der Waals surface area (Å²) in [6.07, 6.45) is 0.493. The number of aromatic hydroxyl groups is 1. The van der Waals surface area contributed by atoms with Crippen molar-refractivity contribution in [2.75, 3.05) is 13.2 Å². The molecule has 168 valence electrons. The number of ether oxygens (including phenoxy) is 1. The Morgan fingerprint density at radius 3 is 2.47 bits per heavy atom. The van der Waals surface area contributed by atoms with Crippen molar-refractivity contribution in [3.8, 4) is 5.75 Å². The highest BCUT2D eigenvalue weighted by Crippen LogP contribution is 2.40. The van der Waals surface area contributed by atoms with E-state index in [0.29, 0.717) is 18.6 Å². The van der Waals surface area contributed by atoms with Crippen molar-refractivity contribution in [3.63, 3.8) is 0 Å². The number of nitro groups is 1. The van der Waals surface area contributed by atoms with Gasteiger partial charge in [-0.1, -0.05) is 12.1 Å². The Labute approximate surface area is 184 Å². The molecule has 2 aromatic carbocycles. The summed E-state index contributed by atoms with van der Waals surface area (Å²) in [6, 6.07) is 10.2. The molecule has 1 aliphatic rings. The van der Waals surface area contributed by atoms with Crippen LogP contribution in [0.4, 0.5) is 5.69 Å². The van der Waals surface area contributed by atoms with Crippen LogP contribution in [0.5, 0.6) is 5.75 Å². The number of Topliss-reactive ketones (excluding diaryl/α,β-unsaturated/α-hetero) is 1. The molecule has 32 heavy (non-hydrogen) atoms. The number of likely N-dealkylation sites (tertiary alicyclic amines) is 1. The fourth-order valence-corrected chi connectivity index (χ4v) is 3.60. The normalized spacial score (nSPS) is 17.8. The van der Waals surface area contributed by atoms with Gasteiger partial charge in [-0.3, -0.25) is 19.7 Å². The Balaban J connectivity index is 2.03. The summed E-state index contributed by atoms with van der Waals surface area (Å²) in [5.41, 5.74) is 0.315. The lowest BCUT2D eigenvalue weighted by atomic mass is 9.95. The number of benzene rings is 2. The van der Waals surface area contributed by atoms with Gasteiger partial charge in [-0.2, -0.15) is 0 Å². The lowest BCUT2D eigenvalue weighted by Gasteiger charge is -2.25. The van der Waals surface area contributed by atoms with Crippen molar-refractivity contribution >= 4 is 23.1 Å². The van der Waals surface area contributed by atoms with Gasteiger partial charge >= 0.3 is 0 Å². The highest BCUT2D eigenvalue weighted by atomic mass is 16.6. The van der Waals surface area contributed by atoms with Gasteiger partial charge in [-0.15, -0.1) is 0 Å². The quantitative estimate of drug-likeness (QED) is 0.160. The number of non-ortho nitro benzene ring substituents is 1. The van der Waals surface area contributed by atoms with Gasteiger partial charge in [0.1, 0.15) is 11.5 Å². The second kappa shape index (κ2) is 9.61. The molecule has 0 aromatic heterocycles. The number of phenolic OH excluding ortho intramolecular Hbond substituents is 1. The SMILES string of the molecule is CC(C)OCCCN1C(=O)C(=O)C(=C(O)c2ccc([N+](=O)[O-])cc2)[C@@H]1c1cccc(O)c1. The van der Waals surface area contributed by atoms with Crippen LogP contribution in [-0.4, -0.2) is 51.0 Å². The number of aliphatic hydroxyl groups is 1. The van der Waals surface area contributed by atoms with Gasteiger partial charge in [0, 0.05) is 30.8 Å². The van der Waals surface area contributed by atoms with Crippen molar-refractivity contribution in [1.29, 1.82) is 0 Å². The highest BCUT2D eigenvalue weighted by Gasteiger charge is 2.45. The van der Waals surface area contributed by atoms with Crippen molar-refractivity contribution in [1.82, 2.24) is 4.90 Å². The van der Waals surface area contributed by atoms with Gasteiger partial charge in [0.2, 0.25) is 0 Å². The molecule has 9 nitrogen and oxygen atoms in total. The molecule has 0 saturated carbocycles. The number of aliphatic hydroxyl groups excluding tert-OH is 1. The molecule has 0 unspecified atom stereocenters. The lowest BCUT2D eigenvalue weighted by Crippen LogP contribution is -2.31. The minimum Gasteiger partial charge on any atom is -0.508 e. The number of nitro benzene ring substituents is 1. The maximum atomic E-state index is 12.9. The third-order valence-electron chi connectivity index (χ3n) is 5.07. The summed E-state index contributed by atoms with van der Waals surface area (Å²) in [7, 11) is 0. The minimum absolute atomic E-state index is 0.0226. The van der Waals surface area contributed by atoms with E-state index >= 15 is 0 Å². The zero-order valence-electron chi connectivity index (χ0n) is 17.7. The predicted molar refractivity (Wildman–Crippen MR) is 116 cm³/mol. The first-order valence-electron chi connectivity index (χ1n) is 10.1. The number of amides is 1. The van der Waals surface area contributed by atoms with Crippen LogP contribution < -0.4 is 0 Å². The number of hydrogen-bond acceptors (Lipinski definition) is 7. The zero-order chi connectivity index (χ0) is 23.4. The number of rotatable bonds is 8. The van der Waals surface area contributed by atoms with Crippen LogP contribution in [0.2, 0.25) is 0 Å². The summed E-state index contributed by atoms with van der Waals surface area (Å²) < 4.78 is 5.52. The number of phenols is 1. The van der Waals surface area contributed by atoms with E-state index in [1.807, 2.05) is 13.8 Å². The summed E-state index contributed by atoms with van der Waals surface area (Å²) in [5.74, 6) is -2.12. The molecule has 1 aliphatic heterocycles. The van der Waals surface area contributed by atoms with Crippen molar-refractivity contribution < 1.29 is 29.5 Å². The van der Waals surface area contributed by atoms with Crippen LogP contribution in [-0.2, 0) is 14.3 Å². The second-order valence-corrected chi connectivity index (χ2v) is 7.66. The number of carbonyl (C=O) groups is 2. The fourth-order valence-electron chi connectivity index (χ4n) is 3.60. The first kappa shape index (κ1) is 23.0. The van der Waals surface area contributed by atoms with Gasteiger partial charge in [0.05, 0.1) is 22.6 Å². The minimum atomic E-state index is -0.920. The molecule has 1 heterocycles. The van der Waals surface area contributed by atoms with E-state index in [1.54, 1.807) is 12.1 Å². The van der Waals surface area contributed by atoms with E-state index in [-0.39, 0.29) is 35.2 Å². The Hall–Kier alpha value is -3.72. The van der Waals surface area contributed by atoms with Crippen LogP contribution in [0.15, 0.2) is 54.1 Å². The monoisotopic (exact) mass is 440 g/mol. The molecule has 1 amide bonds. The lowest BCUT2D eigenvalue weighted by molar-refractivity contribution is -0.384. The van der Waals surface area contributed by atoms with E-state index in [2.05, 4.69) is 0 Å². The topological polar surface area (TPSA) is 130 Å². The van der Waals surface area contributed by atoms with E-state index in [4.69, 9.17) is 4.74 Å². The molecule has 0 radical (unpaired) electrons. The largest absolute Gasteiger partial charge is 0.508 e. The van der Waals surface area contributed by atoms with Crippen LogP contribution in [0.3, 0.4) is 0 Å². The van der Waals surface area contributed by atoms with E-state index < -0.39 is 28.4 Å². The Morgan fingerprint density at radius 1 is 1.19 bits per heavy atom. The molecule has 3 rings (SSSR count). The van der Waals surface area contributed by atoms with E-state index in [9.17, 15) is 29.9 Å². The molecule has 1 fully saturated rings. The number of nitrogens with zero attached hydrogens (tertiary/aromatic N) is 2. The predicted octanol–water partition coefficient (Wildman–Crippen LogP) is 3.54. The molecule has 1 saturated heterocycles. The molecule has 1 atom stereocenters. The smallest absolute Gasteiger partial charge is 0.295 e. The van der Waals surface area contributed by atoms with Gasteiger partial charge in [-0.25, -0.2) is 0 Å². The molecule has 0 bridgehead atoms. The molecular formula is C23H24N2O7. The Kier molecular flexibility index (Phi) is 6.89. The van der Waals surface area contributed by atoms with Gasteiger partial charge in [0.25, 0.3) is 17.4 Å². The van der Waals surface area contributed by atoms with Crippen molar-refractivity contribution in [2.24, 2.45) is 0 Å². The number of hydrogen-bond donors (Lipinski definition) is 2. The molecule has 2 N–H and O–H groups in total. The fraction of sp³-hybridized carbons (Fsp3) is 0.304. The maximum Gasteiger partial charge on any atom is 0.295 e. The first-order valence-corrected chi connectivity index (χ1v) is 10.1. The van der Waals surface area contributed by atoms with Crippen LogP contribution in [0.25, 0.3) is 5.76 Å². The summed E-state index contributed by atoms with van der Waals surface area (Å²) in [5, 5.41) is 31.8. The molecule has 2 aromatic rings. The van der Waals surface area contributed by atoms with Gasteiger partial charge < -0.3 is 19.8 Å². The third-order valence-corrected chi connectivity index (χ3v) is 5.07. The molecule has 0 aliphatic carbocycles. The van der Waals surface area contributed by atoms with E-state index in [1.165, 1.54) is 41.3 Å². The second-order valence-electron chi connectivity index (χ2n) is 7.66. The standard InChI is InChI=1S/C23H24N2O7/c1-14(2)32-12-4-11-24-20(16-5-3-6-18(26)13-16)19(22(28)23(24)29)21(27)15-7-9-17(10-8-15)25(30)31/h3,5-10,13-14,20,26-27H,4,11-12H2,1-2H3/t20-/m0/s1. The van der Waals surface area contributed by atoms with Gasteiger partial charge in [0.15, 0.2) is 0 Å². The van der Waals surface area contributed by atoms with E-state index in [0.717, 1.165) is 0 Å². The van der Waals surface area contributed by atoms with Crippen molar-refractivity contribution in [3.05, 3.63) is 75.3 Å². The summed E-state index contributed by atoms with van der Waals surface area (Å²) >= 11 is 0. The highest BCUT2D eigenvalue weighted by molar-refractivity contribution is 6.46. The Bertz CT molecular complexity index is 1060. The van der Waals surface area contributed by atoms with Crippen LogP contribution >= 0.6 is 0 Å². The average Bonchev–Trinajstić information content (AvgIpc) is 3.01. The zero-order valence-corrected chi connectivity index (χ0v) is 17.7. The first-order chi connectivity index (χ1) is 15.2. The van der Waals surface area contributed by atoms with Crippen LogP contribution in [0, 0.1) is 10.1 Å². The number of ketones is 1. The maximum absolute atomic E-state index is 12.9. The summed E-state index contributed by atoms with van der Waals surface area (Å²) in [6.45, 7) is 4.37. The van der Waals surface area contributed by atoms with Crippen molar-refractivity contribution in [2.45, 2.75) is 32.4 Å². The average molecular weight is 440 g/mol. The Morgan fingerprint density at radius 2 is 1.88 bits per heavy atom.